The Morgan fingerprint density at radius 1 is 1.26 bits per heavy atom. The number of aromatic nitrogens is 1. The topological polar surface area (TPSA) is 60.2 Å². The van der Waals surface area contributed by atoms with Gasteiger partial charge in [-0.2, -0.15) is 0 Å². The second kappa shape index (κ2) is 6.87. The van der Waals surface area contributed by atoms with Crippen LogP contribution >= 0.6 is 0 Å². The first kappa shape index (κ1) is 13.5. The van der Waals surface area contributed by atoms with Gasteiger partial charge in [-0.1, -0.05) is 12.1 Å². The molecule has 1 unspecified atom stereocenters. The molecule has 4 heteroatoms. The zero-order valence-corrected chi connectivity index (χ0v) is 11.0. The van der Waals surface area contributed by atoms with Crippen LogP contribution in [-0.4, -0.2) is 12.1 Å². The number of methoxy groups -OCH3 is 1. The van der Waals surface area contributed by atoms with Gasteiger partial charge in [0.25, 0.3) is 0 Å². The van der Waals surface area contributed by atoms with Gasteiger partial charge in [-0.3, -0.25) is 16.3 Å². The van der Waals surface area contributed by atoms with Crippen LogP contribution in [0.25, 0.3) is 0 Å². The number of aryl methyl sites for hydroxylation is 1. The van der Waals surface area contributed by atoms with E-state index < -0.39 is 0 Å². The fourth-order valence-corrected chi connectivity index (χ4v) is 2.06. The Bertz CT molecular complexity index is 502. The van der Waals surface area contributed by atoms with Crippen LogP contribution < -0.4 is 16.0 Å². The minimum absolute atomic E-state index is 0.114. The van der Waals surface area contributed by atoms with Gasteiger partial charge in [0.05, 0.1) is 7.11 Å². The second-order valence-electron chi connectivity index (χ2n) is 4.39. The second-order valence-corrected chi connectivity index (χ2v) is 4.39. The molecule has 0 fully saturated rings. The quantitative estimate of drug-likeness (QED) is 0.615. The van der Waals surface area contributed by atoms with E-state index in [1.807, 2.05) is 42.7 Å². The van der Waals surface area contributed by atoms with Gasteiger partial charge in [-0.15, -0.1) is 0 Å². The molecule has 100 valence electrons. The van der Waals surface area contributed by atoms with E-state index in [0.29, 0.717) is 0 Å². The molecule has 0 bridgehead atoms. The average molecular weight is 257 g/mol. The minimum Gasteiger partial charge on any atom is -0.497 e. The van der Waals surface area contributed by atoms with Gasteiger partial charge in [0.15, 0.2) is 0 Å². The Kier molecular flexibility index (Phi) is 4.89. The fourth-order valence-electron chi connectivity index (χ4n) is 2.06. The summed E-state index contributed by atoms with van der Waals surface area (Å²) in [6.07, 6.45) is 5.50. The van der Waals surface area contributed by atoms with Crippen molar-refractivity contribution < 1.29 is 4.74 Å². The van der Waals surface area contributed by atoms with E-state index in [-0.39, 0.29) is 6.04 Å². The van der Waals surface area contributed by atoms with Crippen LogP contribution in [-0.2, 0) is 6.42 Å². The van der Waals surface area contributed by atoms with Crippen molar-refractivity contribution >= 4 is 0 Å². The van der Waals surface area contributed by atoms with Crippen LogP contribution in [0.5, 0.6) is 5.75 Å². The molecule has 1 atom stereocenters. The van der Waals surface area contributed by atoms with E-state index in [4.69, 9.17) is 10.6 Å². The average Bonchev–Trinajstić information content (AvgIpc) is 2.49. The summed E-state index contributed by atoms with van der Waals surface area (Å²) in [6, 6.07) is 12.1. The Morgan fingerprint density at radius 2 is 2.05 bits per heavy atom. The largest absolute Gasteiger partial charge is 0.497 e. The number of hydrogen-bond donors (Lipinski definition) is 2. The number of nitrogens with one attached hydrogen (secondary N) is 1. The monoisotopic (exact) mass is 257 g/mol. The smallest absolute Gasteiger partial charge is 0.119 e. The molecule has 2 rings (SSSR count). The lowest BCUT2D eigenvalue weighted by atomic mass is 10.00. The van der Waals surface area contributed by atoms with Gasteiger partial charge >= 0.3 is 0 Å². The number of nitrogens with zero attached hydrogens (tertiary/aromatic N) is 1. The molecule has 1 aromatic carbocycles. The number of benzene rings is 1. The third kappa shape index (κ3) is 3.77. The van der Waals surface area contributed by atoms with Crippen molar-refractivity contribution in [2.45, 2.75) is 18.9 Å². The van der Waals surface area contributed by atoms with Crippen LogP contribution in [0.1, 0.15) is 23.6 Å². The zero-order valence-electron chi connectivity index (χ0n) is 11.0. The first-order valence-electron chi connectivity index (χ1n) is 6.32. The first-order valence-corrected chi connectivity index (χ1v) is 6.32. The summed E-state index contributed by atoms with van der Waals surface area (Å²) < 4.78 is 5.24. The maximum Gasteiger partial charge on any atom is 0.119 e. The maximum absolute atomic E-state index is 5.66. The lowest BCUT2D eigenvalue weighted by Gasteiger charge is -2.17. The summed E-state index contributed by atoms with van der Waals surface area (Å²) in [5.74, 6) is 6.51. The van der Waals surface area contributed by atoms with Crippen molar-refractivity contribution in [3.63, 3.8) is 0 Å². The third-order valence-electron chi connectivity index (χ3n) is 3.17. The Morgan fingerprint density at radius 3 is 2.74 bits per heavy atom. The van der Waals surface area contributed by atoms with Crippen molar-refractivity contribution in [1.82, 2.24) is 10.4 Å². The maximum atomic E-state index is 5.66. The van der Waals surface area contributed by atoms with Crippen LogP contribution in [0.2, 0.25) is 0 Å². The zero-order chi connectivity index (χ0) is 13.5. The Hall–Kier alpha value is -1.91. The van der Waals surface area contributed by atoms with Crippen LogP contribution in [0, 0.1) is 0 Å². The molecule has 0 aliphatic carbocycles. The molecule has 0 amide bonds. The summed E-state index contributed by atoms with van der Waals surface area (Å²) >= 11 is 0. The van der Waals surface area contributed by atoms with Crippen LogP contribution in [0.4, 0.5) is 0 Å². The molecule has 1 heterocycles. The van der Waals surface area contributed by atoms with E-state index in [9.17, 15) is 0 Å². The predicted octanol–water partition coefficient (Wildman–Crippen LogP) is 2.23. The molecule has 0 aliphatic heterocycles. The Balaban J connectivity index is 2.03. The summed E-state index contributed by atoms with van der Waals surface area (Å²) in [5.41, 5.74) is 5.27. The number of pyridine rings is 1. The lowest BCUT2D eigenvalue weighted by Crippen LogP contribution is -2.28. The van der Waals surface area contributed by atoms with Gasteiger partial charge in [0.1, 0.15) is 5.75 Å². The molecule has 3 N–H and O–H groups in total. The highest BCUT2D eigenvalue weighted by molar-refractivity contribution is 5.30. The van der Waals surface area contributed by atoms with E-state index in [2.05, 4.69) is 16.5 Å². The van der Waals surface area contributed by atoms with Crippen molar-refractivity contribution in [3.8, 4) is 5.75 Å². The number of hydrazine groups is 1. The molecular formula is C15H19N3O. The van der Waals surface area contributed by atoms with Gasteiger partial charge in [0.2, 0.25) is 0 Å². The van der Waals surface area contributed by atoms with Crippen molar-refractivity contribution in [3.05, 3.63) is 59.9 Å². The normalized spacial score (nSPS) is 12.1. The van der Waals surface area contributed by atoms with Crippen molar-refractivity contribution in [1.29, 1.82) is 0 Å². The molecule has 2 aromatic rings. The van der Waals surface area contributed by atoms with Gasteiger partial charge < -0.3 is 4.74 Å². The summed E-state index contributed by atoms with van der Waals surface area (Å²) in [7, 11) is 1.67. The van der Waals surface area contributed by atoms with Gasteiger partial charge in [-0.05, 0) is 48.2 Å². The molecule has 1 aromatic heterocycles. The summed E-state index contributed by atoms with van der Waals surface area (Å²) in [6.45, 7) is 0. The van der Waals surface area contributed by atoms with E-state index >= 15 is 0 Å². The van der Waals surface area contributed by atoms with Gasteiger partial charge in [0, 0.05) is 18.4 Å². The molecule has 19 heavy (non-hydrogen) atoms. The molecule has 0 saturated heterocycles. The molecular weight excluding hydrogens is 238 g/mol. The minimum atomic E-state index is 0.114. The van der Waals surface area contributed by atoms with E-state index in [1.165, 1.54) is 5.56 Å². The van der Waals surface area contributed by atoms with Crippen molar-refractivity contribution in [2.24, 2.45) is 5.84 Å². The molecule has 4 nitrogen and oxygen atoms in total. The van der Waals surface area contributed by atoms with Crippen LogP contribution in [0.3, 0.4) is 0 Å². The molecule has 0 spiro atoms. The number of hydrogen-bond acceptors (Lipinski definition) is 4. The summed E-state index contributed by atoms with van der Waals surface area (Å²) in [4.78, 5) is 4.02. The highest BCUT2D eigenvalue weighted by Gasteiger charge is 2.10. The first-order chi connectivity index (χ1) is 9.33. The number of nitrogens with two attached hydrogens (primary N) is 1. The van der Waals surface area contributed by atoms with Crippen molar-refractivity contribution in [2.75, 3.05) is 7.11 Å². The standard InChI is InChI=1S/C15H19N3O/c1-19-14-4-2-3-13(11-14)15(18-16)6-5-12-7-9-17-10-8-12/h2-4,7-11,15,18H,5-6,16H2,1H3. The van der Waals surface area contributed by atoms with E-state index in [1.54, 1.807) is 7.11 Å². The third-order valence-corrected chi connectivity index (χ3v) is 3.17. The number of rotatable bonds is 6. The fraction of sp³-hybridized carbons (Fsp3) is 0.267. The lowest BCUT2D eigenvalue weighted by molar-refractivity contribution is 0.412. The Labute approximate surface area is 113 Å². The summed E-state index contributed by atoms with van der Waals surface area (Å²) in [5, 5.41) is 0. The number of ether oxygens (including phenoxy) is 1. The van der Waals surface area contributed by atoms with Crippen LogP contribution in [0.15, 0.2) is 48.8 Å². The van der Waals surface area contributed by atoms with Gasteiger partial charge in [-0.25, -0.2) is 0 Å². The molecule has 0 aliphatic rings. The highest BCUT2D eigenvalue weighted by Crippen LogP contribution is 2.22. The molecule has 0 saturated carbocycles. The molecule has 0 radical (unpaired) electrons. The van der Waals surface area contributed by atoms with E-state index in [0.717, 1.165) is 24.2 Å². The highest BCUT2D eigenvalue weighted by atomic mass is 16.5. The SMILES string of the molecule is COc1cccc(C(CCc2ccncc2)NN)c1. The predicted molar refractivity (Wildman–Crippen MR) is 75.6 cm³/mol.